The van der Waals surface area contributed by atoms with Crippen LogP contribution in [-0.4, -0.2) is 30.3 Å². The van der Waals surface area contributed by atoms with Crippen LogP contribution < -0.4 is 14.8 Å². The summed E-state index contributed by atoms with van der Waals surface area (Å²) in [5, 5.41) is 7.62. The Morgan fingerprint density at radius 2 is 1.93 bits per heavy atom. The van der Waals surface area contributed by atoms with Crippen molar-refractivity contribution in [2.75, 3.05) is 14.2 Å². The molecule has 1 atom stereocenters. The first-order valence-electron chi connectivity index (χ1n) is 9.60. The first kappa shape index (κ1) is 21.6. The van der Waals surface area contributed by atoms with E-state index < -0.39 is 0 Å². The number of nitrogens with zero attached hydrogens (tertiary/aromatic N) is 2. The van der Waals surface area contributed by atoms with Crippen molar-refractivity contribution in [3.8, 4) is 22.9 Å². The van der Waals surface area contributed by atoms with Gasteiger partial charge in [-0.3, -0.25) is 4.79 Å². The van der Waals surface area contributed by atoms with Gasteiger partial charge >= 0.3 is 0 Å². The van der Waals surface area contributed by atoms with Crippen LogP contribution in [0.25, 0.3) is 11.4 Å². The Kier molecular flexibility index (Phi) is 7.30. The van der Waals surface area contributed by atoms with E-state index in [9.17, 15) is 4.79 Å². The Bertz CT molecular complexity index is 988. The van der Waals surface area contributed by atoms with Gasteiger partial charge in [-0.1, -0.05) is 16.8 Å². The molecule has 1 heterocycles. The molecule has 0 spiro atoms. The van der Waals surface area contributed by atoms with Crippen molar-refractivity contribution in [3.63, 3.8) is 0 Å². The molecule has 0 radical (unpaired) electrons. The predicted molar refractivity (Wildman–Crippen MR) is 114 cm³/mol. The second-order valence-corrected chi connectivity index (χ2v) is 7.21. The van der Waals surface area contributed by atoms with Crippen LogP contribution in [0.5, 0.6) is 11.5 Å². The molecular formula is C22H24ClN3O4. The third kappa shape index (κ3) is 5.51. The van der Waals surface area contributed by atoms with E-state index >= 15 is 0 Å². The number of benzene rings is 2. The molecule has 1 aromatic heterocycles. The number of ether oxygens (including phenoxy) is 2. The molecule has 1 N–H and O–H groups in total. The first-order valence-corrected chi connectivity index (χ1v) is 9.97. The van der Waals surface area contributed by atoms with E-state index in [1.165, 1.54) is 0 Å². The van der Waals surface area contributed by atoms with E-state index in [-0.39, 0.29) is 11.9 Å². The zero-order valence-electron chi connectivity index (χ0n) is 17.1. The number of rotatable bonds is 9. The van der Waals surface area contributed by atoms with Gasteiger partial charge in [0.05, 0.1) is 20.3 Å². The highest BCUT2D eigenvalue weighted by molar-refractivity contribution is 6.30. The van der Waals surface area contributed by atoms with Crippen LogP contribution >= 0.6 is 11.6 Å². The minimum absolute atomic E-state index is 0.0650. The summed E-state index contributed by atoms with van der Waals surface area (Å²) in [6, 6.07) is 12.5. The van der Waals surface area contributed by atoms with E-state index in [1.807, 2.05) is 37.3 Å². The number of halogens is 1. The molecule has 3 rings (SSSR count). The van der Waals surface area contributed by atoms with Gasteiger partial charge in [-0.05, 0) is 55.8 Å². The lowest BCUT2D eigenvalue weighted by molar-refractivity contribution is -0.121. The molecule has 8 heteroatoms. The summed E-state index contributed by atoms with van der Waals surface area (Å²) in [5.74, 6) is 2.34. The molecule has 7 nitrogen and oxygen atoms in total. The maximum absolute atomic E-state index is 12.4. The molecule has 2 aromatic carbocycles. The van der Waals surface area contributed by atoms with E-state index in [0.29, 0.717) is 47.5 Å². The van der Waals surface area contributed by atoms with Gasteiger partial charge in [0.25, 0.3) is 0 Å². The Morgan fingerprint density at radius 3 is 2.63 bits per heavy atom. The fourth-order valence-corrected chi connectivity index (χ4v) is 3.17. The highest BCUT2D eigenvalue weighted by Crippen LogP contribution is 2.29. The third-order valence-electron chi connectivity index (χ3n) is 4.65. The molecule has 0 saturated carbocycles. The summed E-state index contributed by atoms with van der Waals surface area (Å²) in [7, 11) is 3.20. The average Bonchev–Trinajstić information content (AvgIpc) is 3.22. The van der Waals surface area contributed by atoms with Crippen molar-refractivity contribution in [1.82, 2.24) is 15.5 Å². The number of carbonyl (C=O) groups is 1. The van der Waals surface area contributed by atoms with Crippen molar-refractivity contribution in [2.24, 2.45) is 0 Å². The van der Waals surface area contributed by atoms with E-state index in [1.54, 1.807) is 26.4 Å². The molecule has 0 saturated heterocycles. The fraction of sp³-hybridized carbons (Fsp3) is 0.318. The molecular weight excluding hydrogens is 406 g/mol. The average molecular weight is 430 g/mol. The molecule has 158 valence electrons. The van der Waals surface area contributed by atoms with Gasteiger partial charge in [0.2, 0.25) is 17.6 Å². The minimum atomic E-state index is -0.220. The normalized spacial score (nSPS) is 11.7. The molecule has 3 aromatic rings. The van der Waals surface area contributed by atoms with Crippen LogP contribution in [0.1, 0.15) is 37.3 Å². The maximum atomic E-state index is 12.4. The van der Waals surface area contributed by atoms with Gasteiger partial charge in [-0.25, -0.2) is 0 Å². The third-order valence-corrected chi connectivity index (χ3v) is 4.90. The molecule has 1 amide bonds. The maximum Gasteiger partial charge on any atom is 0.226 e. The van der Waals surface area contributed by atoms with E-state index in [4.69, 9.17) is 25.6 Å². The van der Waals surface area contributed by atoms with Gasteiger partial charge in [0.15, 0.2) is 0 Å². The highest BCUT2D eigenvalue weighted by atomic mass is 35.5. The molecule has 0 aliphatic carbocycles. The van der Waals surface area contributed by atoms with Crippen LogP contribution in [0, 0.1) is 0 Å². The predicted octanol–water partition coefficient (Wildman–Crippen LogP) is 4.61. The standard InChI is InChI=1S/C22H24ClN3O4/c1-14(18-13-17(28-2)11-12-19(18)29-3)24-20(27)5-4-6-21-25-22(26-30-21)15-7-9-16(23)10-8-15/h7-14H,4-6H2,1-3H3,(H,24,27). The van der Waals surface area contributed by atoms with Crippen LogP contribution in [0.3, 0.4) is 0 Å². The number of amides is 1. The monoisotopic (exact) mass is 429 g/mol. The molecule has 0 bridgehead atoms. The number of aryl methyl sites for hydroxylation is 1. The Balaban J connectivity index is 1.51. The number of carbonyl (C=O) groups excluding carboxylic acids is 1. The number of hydrogen-bond donors (Lipinski definition) is 1. The first-order chi connectivity index (χ1) is 14.5. The zero-order valence-corrected chi connectivity index (χ0v) is 17.9. The number of nitrogens with one attached hydrogen (secondary N) is 1. The van der Waals surface area contributed by atoms with Crippen LogP contribution in [-0.2, 0) is 11.2 Å². The lowest BCUT2D eigenvalue weighted by Gasteiger charge is -2.18. The molecule has 0 aliphatic heterocycles. The van der Waals surface area contributed by atoms with Gasteiger partial charge in [-0.15, -0.1) is 0 Å². The Hall–Kier alpha value is -3.06. The zero-order chi connectivity index (χ0) is 21.5. The Labute approximate surface area is 180 Å². The molecule has 1 unspecified atom stereocenters. The van der Waals surface area contributed by atoms with Gasteiger partial charge < -0.3 is 19.3 Å². The van der Waals surface area contributed by atoms with Gasteiger partial charge in [0, 0.05) is 29.0 Å². The lowest BCUT2D eigenvalue weighted by Crippen LogP contribution is -2.26. The highest BCUT2D eigenvalue weighted by Gasteiger charge is 2.16. The number of aromatic nitrogens is 2. The summed E-state index contributed by atoms with van der Waals surface area (Å²) in [6.45, 7) is 1.91. The summed E-state index contributed by atoms with van der Waals surface area (Å²) < 4.78 is 15.9. The second-order valence-electron chi connectivity index (χ2n) is 6.77. The SMILES string of the molecule is COc1ccc(OC)c(C(C)NC(=O)CCCc2nc(-c3ccc(Cl)cc3)no2)c1. The smallest absolute Gasteiger partial charge is 0.226 e. The summed E-state index contributed by atoms with van der Waals surface area (Å²) >= 11 is 5.89. The molecule has 0 aliphatic rings. The van der Waals surface area contributed by atoms with Crippen molar-refractivity contribution < 1.29 is 18.8 Å². The quantitative estimate of drug-likeness (QED) is 0.534. The van der Waals surface area contributed by atoms with Crippen LogP contribution in [0.15, 0.2) is 47.0 Å². The Morgan fingerprint density at radius 1 is 1.17 bits per heavy atom. The lowest BCUT2D eigenvalue weighted by atomic mass is 10.1. The van der Waals surface area contributed by atoms with Crippen LogP contribution in [0.2, 0.25) is 5.02 Å². The second kappa shape index (κ2) is 10.1. The van der Waals surface area contributed by atoms with Crippen LogP contribution in [0.4, 0.5) is 0 Å². The summed E-state index contributed by atoms with van der Waals surface area (Å²) in [4.78, 5) is 16.7. The van der Waals surface area contributed by atoms with E-state index in [2.05, 4.69) is 15.5 Å². The van der Waals surface area contributed by atoms with Crippen molar-refractivity contribution in [3.05, 3.63) is 58.9 Å². The molecule has 30 heavy (non-hydrogen) atoms. The fourth-order valence-electron chi connectivity index (χ4n) is 3.04. The summed E-state index contributed by atoms with van der Waals surface area (Å²) in [5.41, 5.74) is 1.68. The molecule has 0 fully saturated rings. The van der Waals surface area contributed by atoms with Crippen molar-refractivity contribution in [1.29, 1.82) is 0 Å². The van der Waals surface area contributed by atoms with Gasteiger partial charge in [0.1, 0.15) is 11.5 Å². The topological polar surface area (TPSA) is 86.5 Å². The number of methoxy groups -OCH3 is 2. The van der Waals surface area contributed by atoms with Crippen molar-refractivity contribution in [2.45, 2.75) is 32.2 Å². The van der Waals surface area contributed by atoms with E-state index in [0.717, 1.165) is 11.1 Å². The largest absolute Gasteiger partial charge is 0.497 e. The summed E-state index contributed by atoms with van der Waals surface area (Å²) in [6.07, 6.45) is 1.45. The number of hydrogen-bond acceptors (Lipinski definition) is 6. The van der Waals surface area contributed by atoms with Crippen molar-refractivity contribution >= 4 is 17.5 Å². The minimum Gasteiger partial charge on any atom is -0.497 e. The van der Waals surface area contributed by atoms with Gasteiger partial charge in [-0.2, -0.15) is 4.98 Å².